The lowest BCUT2D eigenvalue weighted by Crippen LogP contribution is -2.41. The molecule has 4 N–H and O–H groups in total. The van der Waals surface area contributed by atoms with Gasteiger partial charge in [-0.2, -0.15) is 4.31 Å². The summed E-state index contributed by atoms with van der Waals surface area (Å²) in [5.41, 5.74) is 10.8. The second-order valence-corrected chi connectivity index (χ2v) is 7.21. The van der Waals surface area contributed by atoms with Crippen molar-refractivity contribution in [3.8, 4) is 0 Å². The van der Waals surface area contributed by atoms with Gasteiger partial charge in [0, 0.05) is 24.7 Å². The van der Waals surface area contributed by atoms with Gasteiger partial charge in [-0.15, -0.1) is 0 Å². The van der Waals surface area contributed by atoms with Gasteiger partial charge in [0.25, 0.3) is 0 Å². The number of primary amides is 1. The number of hydrogen-bond acceptors (Lipinski definition) is 4. The van der Waals surface area contributed by atoms with Crippen molar-refractivity contribution < 1.29 is 17.6 Å². The van der Waals surface area contributed by atoms with E-state index in [0.717, 1.165) is 16.4 Å². The standard InChI is InChI=1S/C12H15ClFN3O3S/c13-9-5-8(15)6-10(11(9)14)21(19,20)17-3-1-7(2-4-17)12(16)18/h5-7H,1-4,15H2,(H2,16,18). The maximum Gasteiger partial charge on any atom is 0.246 e. The highest BCUT2D eigenvalue weighted by Gasteiger charge is 2.33. The van der Waals surface area contributed by atoms with E-state index in [4.69, 9.17) is 23.1 Å². The van der Waals surface area contributed by atoms with Gasteiger partial charge in [-0.1, -0.05) is 11.6 Å². The number of carbonyl (C=O) groups is 1. The monoisotopic (exact) mass is 335 g/mol. The Balaban J connectivity index is 2.30. The molecule has 0 aromatic heterocycles. The Hall–Kier alpha value is -1.38. The van der Waals surface area contributed by atoms with E-state index in [1.165, 1.54) is 0 Å². The molecular formula is C12H15ClFN3O3S. The summed E-state index contributed by atoms with van der Waals surface area (Å²) < 4.78 is 40.0. The van der Waals surface area contributed by atoms with Crippen LogP contribution in [0.4, 0.5) is 10.1 Å². The molecule has 21 heavy (non-hydrogen) atoms. The molecule has 1 aliphatic heterocycles. The first-order valence-corrected chi connectivity index (χ1v) is 8.09. The summed E-state index contributed by atoms with van der Waals surface area (Å²) in [4.78, 5) is 10.5. The molecule has 0 spiro atoms. The highest BCUT2D eigenvalue weighted by atomic mass is 35.5. The highest BCUT2D eigenvalue weighted by molar-refractivity contribution is 7.89. The minimum Gasteiger partial charge on any atom is -0.399 e. The van der Waals surface area contributed by atoms with Gasteiger partial charge in [-0.25, -0.2) is 12.8 Å². The average Bonchev–Trinajstić information content (AvgIpc) is 2.42. The van der Waals surface area contributed by atoms with Crippen LogP contribution in [0.1, 0.15) is 12.8 Å². The minimum absolute atomic E-state index is 0.0620. The molecule has 0 saturated carbocycles. The van der Waals surface area contributed by atoms with E-state index in [2.05, 4.69) is 0 Å². The fraction of sp³-hybridized carbons (Fsp3) is 0.417. The number of hydrogen-bond donors (Lipinski definition) is 2. The molecular weight excluding hydrogens is 321 g/mol. The number of nitrogens with zero attached hydrogens (tertiary/aromatic N) is 1. The average molecular weight is 336 g/mol. The summed E-state index contributed by atoms with van der Waals surface area (Å²) in [7, 11) is -4.05. The minimum atomic E-state index is -4.05. The number of amides is 1. The molecule has 116 valence electrons. The second-order valence-electron chi connectivity index (χ2n) is 4.90. The van der Waals surface area contributed by atoms with Gasteiger partial charge in [0.15, 0.2) is 5.82 Å². The predicted molar refractivity (Wildman–Crippen MR) is 76.5 cm³/mol. The predicted octanol–water partition coefficient (Wildman–Crippen LogP) is 0.947. The lowest BCUT2D eigenvalue weighted by Gasteiger charge is -2.29. The van der Waals surface area contributed by atoms with Gasteiger partial charge in [-0.3, -0.25) is 4.79 Å². The number of anilines is 1. The molecule has 1 aromatic rings. The van der Waals surface area contributed by atoms with Crippen LogP contribution >= 0.6 is 11.6 Å². The Kier molecular flexibility index (Phi) is 4.40. The summed E-state index contributed by atoms with van der Waals surface area (Å²) in [6.07, 6.45) is 0.623. The van der Waals surface area contributed by atoms with Crippen LogP contribution in [0.5, 0.6) is 0 Å². The summed E-state index contributed by atoms with van der Waals surface area (Å²) in [5, 5.41) is -0.347. The molecule has 1 aliphatic rings. The van der Waals surface area contributed by atoms with E-state index in [-0.39, 0.29) is 29.7 Å². The summed E-state index contributed by atoms with van der Waals surface area (Å²) in [5.74, 6) is -1.83. The molecule has 6 nitrogen and oxygen atoms in total. The lowest BCUT2D eigenvalue weighted by atomic mass is 9.98. The number of benzene rings is 1. The topological polar surface area (TPSA) is 106 Å². The first-order chi connectivity index (χ1) is 9.73. The lowest BCUT2D eigenvalue weighted by molar-refractivity contribution is -0.122. The van der Waals surface area contributed by atoms with Crippen molar-refractivity contribution in [3.05, 3.63) is 23.0 Å². The molecule has 0 bridgehead atoms. The van der Waals surface area contributed by atoms with E-state index >= 15 is 0 Å². The first kappa shape index (κ1) is 16.0. The molecule has 1 saturated heterocycles. The molecule has 2 rings (SSSR count). The Labute approximate surface area is 126 Å². The Morgan fingerprint density at radius 2 is 1.90 bits per heavy atom. The number of piperidine rings is 1. The van der Waals surface area contributed by atoms with Crippen molar-refractivity contribution in [3.63, 3.8) is 0 Å². The zero-order valence-electron chi connectivity index (χ0n) is 11.1. The van der Waals surface area contributed by atoms with Crippen molar-refractivity contribution >= 4 is 33.2 Å². The molecule has 1 aromatic carbocycles. The number of sulfonamides is 1. The number of nitrogen functional groups attached to an aromatic ring is 1. The van der Waals surface area contributed by atoms with Crippen LogP contribution in [-0.4, -0.2) is 31.7 Å². The summed E-state index contributed by atoms with van der Waals surface area (Å²) in [6.45, 7) is 0.198. The van der Waals surface area contributed by atoms with Gasteiger partial charge in [0.2, 0.25) is 15.9 Å². The molecule has 0 radical (unpaired) electrons. The number of carbonyl (C=O) groups excluding carboxylic acids is 1. The summed E-state index contributed by atoms with van der Waals surface area (Å²) in [6, 6.07) is 2.19. The Morgan fingerprint density at radius 1 is 1.33 bits per heavy atom. The SMILES string of the molecule is NC(=O)C1CCN(S(=O)(=O)c2cc(N)cc(Cl)c2F)CC1. The van der Waals surface area contributed by atoms with Gasteiger partial charge < -0.3 is 11.5 Å². The van der Waals surface area contributed by atoms with Crippen LogP contribution in [0.2, 0.25) is 5.02 Å². The summed E-state index contributed by atoms with van der Waals surface area (Å²) >= 11 is 5.63. The maximum atomic E-state index is 14.0. The van der Waals surface area contributed by atoms with Gasteiger partial charge in [-0.05, 0) is 25.0 Å². The fourth-order valence-corrected chi connectivity index (χ4v) is 4.17. The Bertz CT molecular complexity index is 673. The van der Waals surface area contributed by atoms with E-state index in [9.17, 15) is 17.6 Å². The largest absolute Gasteiger partial charge is 0.399 e. The quantitative estimate of drug-likeness (QED) is 0.802. The van der Waals surface area contributed by atoms with Crippen LogP contribution < -0.4 is 11.5 Å². The Morgan fingerprint density at radius 3 is 2.43 bits per heavy atom. The van der Waals surface area contributed by atoms with Gasteiger partial charge in [0.1, 0.15) is 4.90 Å². The van der Waals surface area contributed by atoms with E-state index in [0.29, 0.717) is 12.8 Å². The van der Waals surface area contributed by atoms with E-state index in [1.807, 2.05) is 0 Å². The first-order valence-electron chi connectivity index (χ1n) is 6.27. The van der Waals surface area contributed by atoms with Crippen molar-refractivity contribution in [2.75, 3.05) is 18.8 Å². The van der Waals surface area contributed by atoms with Crippen LogP contribution in [0.15, 0.2) is 17.0 Å². The van der Waals surface area contributed by atoms with Crippen molar-refractivity contribution in [2.45, 2.75) is 17.7 Å². The highest BCUT2D eigenvalue weighted by Crippen LogP contribution is 2.30. The fourth-order valence-electron chi connectivity index (χ4n) is 2.29. The van der Waals surface area contributed by atoms with Crippen LogP contribution in [0, 0.1) is 11.7 Å². The molecule has 0 aliphatic carbocycles. The number of rotatable bonds is 3. The van der Waals surface area contributed by atoms with Crippen molar-refractivity contribution in [1.82, 2.24) is 4.31 Å². The number of halogens is 2. The normalized spacial score (nSPS) is 17.8. The third kappa shape index (κ3) is 3.12. The van der Waals surface area contributed by atoms with E-state index in [1.54, 1.807) is 0 Å². The number of nitrogens with two attached hydrogens (primary N) is 2. The molecule has 1 heterocycles. The van der Waals surface area contributed by atoms with E-state index < -0.39 is 26.6 Å². The molecule has 1 fully saturated rings. The van der Waals surface area contributed by atoms with Crippen LogP contribution in [0.3, 0.4) is 0 Å². The van der Waals surface area contributed by atoms with Gasteiger partial charge >= 0.3 is 0 Å². The second kappa shape index (κ2) is 5.78. The van der Waals surface area contributed by atoms with Gasteiger partial charge in [0.05, 0.1) is 5.02 Å². The van der Waals surface area contributed by atoms with Crippen LogP contribution in [0.25, 0.3) is 0 Å². The third-order valence-corrected chi connectivity index (χ3v) is 5.66. The smallest absolute Gasteiger partial charge is 0.246 e. The third-order valence-electron chi connectivity index (χ3n) is 3.49. The molecule has 0 atom stereocenters. The zero-order chi connectivity index (χ0) is 15.8. The van der Waals surface area contributed by atoms with Crippen molar-refractivity contribution in [2.24, 2.45) is 11.7 Å². The van der Waals surface area contributed by atoms with Crippen LogP contribution in [-0.2, 0) is 14.8 Å². The molecule has 9 heteroatoms. The zero-order valence-corrected chi connectivity index (χ0v) is 12.6. The van der Waals surface area contributed by atoms with Crippen molar-refractivity contribution in [1.29, 1.82) is 0 Å². The molecule has 1 amide bonds. The maximum absolute atomic E-state index is 14.0. The molecule has 0 unspecified atom stereocenters.